The first-order valence-corrected chi connectivity index (χ1v) is 29.4. The van der Waals surface area contributed by atoms with E-state index in [9.17, 15) is 0 Å². The molecule has 0 saturated heterocycles. The second kappa shape index (κ2) is 16.3. The fourth-order valence-corrected chi connectivity index (χ4v) is 70.6. The van der Waals surface area contributed by atoms with Gasteiger partial charge in [0.15, 0.2) is 0 Å². The number of hydrogen-bond acceptors (Lipinski definition) is 0. The maximum absolute atomic E-state index is 8.30. The van der Waals surface area contributed by atoms with Gasteiger partial charge in [0, 0.05) is 0 Å². The van der Waals surface area contributed by atoms with Gasteiger partial charge in [-0.2, -0.15) is 0 Å². The molecule has 0 aliphatic heterocycles. The average molecular weight is 648 g/mol. The molecule has 7 heteroatoms. The van der Waals surface area contributed by atoms with Crippen molar-refractivity contribution < 1.29 is 4.21 Å². The van der Waals surface area contributed by atoms with Gasteiger partial charge in [0.1, 0.15) is 0 Å². The van der Waals surface area contributed by atoms with Gasteiger partial charge in [0.2, 0.25) is 0 Å². The molecule has 0 spiro atoms. The number of halogens is 3. The molecule has 0 atom stereocenters. The third-order valence-electron chi connectivity index (χ3n) is 5.39. The SMILES string of the molecule is CCCC[S](CCCC)=[Rh]([Cl])([Cl])([Cl])(=[S](CCCC)CCCC)=[S](CCCC)CCCC. The van der Waals surface area contributed by atoms with E-state index in [0.717, 1.165) is 34.5 Å². The van der Waals surface area contributed by atoms with Crippen molar-refractivity contribution in [2.75, 3.05) is 34.5 Å². The molecule has 0 fully saturated rings. The first-order chi connectivity index (χ1) is 14.6. The molecule has 0 N–H and O–H groups in total. The van der Waals surface area contributed by atoms with Gasteiger partial charge in [0.25, 0.3) is 0 Å². The van der Waals surface area contributed by atoms with Crippen LogP contribution in [0.2, 0.25) is 0 Å². The Kier molecular flexibility index (Phi) is 17.7. The molecule has 0 heterocycles. The molecule has 0 aliphatic rings. The van der Waals surface area contributed by atoms with Crippen molar-refractivity contribution in [2.45, 2.75) is 119 Å². The monoisotopic (exact) mass is 646 g/mol. The minimum absolute atomic E-state index is 0.0427. The van der Waals surface area contributed by atoms with Gasteiger partial charge >= 0.3 is 212 Å². The van der Waals surface area contributed by atoms with E-state index >= 15 is 0 Å². The van der Waals surface area contributed by atoms with Gasteiger partial charge in [-0.25, -0.2) is 0 Å². The summed E-state index contributed by atoms with van der Waals surface area (Å²) >= 11 is 0. The van der Waals surface area contributed by atoms with Crippen LogP contribution in [0.3, 0.4) is 0 Å². The Labute approximate surface area is 209 Å². The first-order valence-electron chi connectivity index (χ1n) is 12.8. The van der Waals surface area contributed by atoms with Crippen LogP contribution in [0.5, 0.6) is 0 Å². The Balaban J connectivity index is 7.88. The molecular weight excluding hydrogens is 594 g/mol. The van der Waals surface area contributed by atoms with E-state index in [0.29, 0.717) is 0 Å². The van der Waals surface area contributed by atoms with Crippen molar-refractivity contribution in [1.82, 2.24) is 0 Å². The fourth-order valence-electron chi connectivity index (χ4n) is 3.20. The second-order valence-corrected chi connectivity index (χ2v) is 62.0. The quantitative estimate of drug-likeness (QED) is 0.130. The molecule has 0 aromatic heterocycles. The summed E-state index contributed by atoms with van der Waals surface area (Å²) in [7, 11) is 24.8. The third kappa shape index (κ3) is 9.50. The predicted octanol–water partition coefficient (Wildman–Crippen LogP) is 12.0. The molecule has 198 valence electrons. The molecule has 31 heavy (non-hydrogen) atoms. The van der Waals surface area contributed by atoms with E-state index in [-0.39, 0.29) is 25.1 Å². The van der Waals surface area contributed by atoms with Crippen LogP contribution < -0.4 is 0 Å². The molecule has 0 unspecified atom stereocenters. The summed E-state index contributed by atoms with van der Waals surface area (Å²) in [4.78, 5) is 0. The first kappa shape index (κ1) is 33.5. The van der Waals surface area contributed by atoms with Crippen LogP contribution in [0.1, 0.15) is 119 Å². The van der Waals surface area contributed by atoms with Gasteiger partial charge in [-0.3, -0.25) is 0 Å². The van der Waals surface area contributed by atoms with Crippen molar-refractivity contribution >= 4 is 54.2 Å². The van der Waals surface area contributed by atoms with E-state index in [1.807, 2.05) is 0 Å². The Morgan fingerprint density at radius 3 is 0.677 bits per heavy atom. The van der Waals surface area contributed by atoms with E-state index in [2.05, 4.69) is 41.5 Å². The van der Waals surface area contributed by atoms with Crippen LogP contribution in [0, 0.1) is 0 Å². The Hall–Kier alpha value is 2.54. The van der Waals surface area contributed by atoms with Crippen molar-refractivity contribution in [3.05, 3.63) is 0 Å². The van der Waals surface area contributed by atoms with E-state index in [1.165, 1.54) is 77.0 Å². The van der Waals surface area contributed by atoms with Crippen molar-refractivity contribution in [1.29, 1.82) is 0 Å². The van der Waals surface area contributed by atoms with Gasteiger partial charge in [-0.15, -0.1) is 0 Å². The van der Waals surface area contributed by atoms with Crippen LogP contribution in [0.4, 0.5) is 0 Å². The molecule has 0 aromatic carbocycles. The standard InChI is InChI=1S/3C8H18S.3ClH.Rh/c3*1-3-5-7-9-8-6-4-2;;;;/h3*3-8H2,1-2H3;3*1H;/q;;;;;;+3/p-3. The Bertz CT molecular complexity index is 655. The molecule has 0 nitrogen and oxygen atoms in total. The molecular formula is C24H54Cl3RhS3. The zero-order valence-corrected chi connectivity index (χ0v) is 27.8. The van der Waals surface area contributed by atoms with Crippen molar-refractivity contribution in [2.24, 2.45) is 0 Å². The summed E-state index contributed by atoms with van der Waals surface area (Å²) in [6.45, 7) is 13.8. The molecule has 0 amide bonds. The molecule has 0 radical (unpaired) electrons. The number of hydrogen-bond donors (Lipinski definition) is 0. The van der Waals surface area contributed by atoms with Crippen molar-refractivity contribution in [3.63, 3.8) is 0 Å². The van der Waals surface area contributed by atoms with Crippen molar-refractivity contribution in [3.8, 4) is 0 Å². The molecule has 0 rings (SSSR count). The van der Waals surface area contributed by atoms with Crippen LogP contribution in [-0.4, -0.2) is 34.5 Å². The summed E-state index contributed by atoms with van der Waals surface area (Å²) in [5, 5.41) is 0. The Morgan fingerprint density at radius 2 is 0.548 bits per heavy atom. The van der Waals surface area contributed by atoms with Gasteiger partial charge in [0.05, 0.1) is 0 Å². The van der Waals surface area contributed by atoms with Gasteiger partial charge in [-0.1, -0.05) is 0 Å². The molecule has 0 saturated carbocycles. The van der Waals surface area contributed by atoms with Crippen LogP contribution in [0.25, 0.3) is 0 Å². The van der Waals surface area contributed by atoms with Gasteiger partial charge in [-0.05, 0) is 0 Å². The topological polar surface area (TPSA) is 0 Å². The summed E-state index contributed by atoms with van der Waals surface area (Å²) < 4.78 is -4.65. The number of rotatable bonds is 18. The molecule has 0 aromatic rings. The van der Waals surface area contributed by atoms with Crippen LogP contribution >= 0.6 is 54.2 Å². The number of unbranched alkanes of at least 4 members (excludes halogenated alkanes) is 6. The second-order valence-electron chi connectivity index (χ2n) is 8.31. The molecule has 0 bridgehead atoms. The minimum atomic E-state index is -4.65. The van der Waals surface area contributed by atoms with Gasteiger partial charge < -0.3 is 0 Å². The zero-order valence-electron chi connectivity index (χ0n) is 21.4. The third-order valence-corrected chi connectivity index (χ3v) is 74.5. The summed E-state index contributed by atoms with van der Waals surface area (Å²) in [6, 6.07) is 0. The predicted molar refractivity (Wildman–Crippen MR) is 159 cm³/mol. The normalized spacial score (nSPS) is 15.1. The summed E-state index contributed by atoms with van der Waals surface area (Å²) in [5.74, 6) is 6.96. The summed E-state index contributed by atoms with van der Waals surface area (Å²) in [5.41, 5.74) is 0. The molecule has 0 aliphatic carbocycles. The average Bonchev–Trinajstić information content (AvgIpc) is 2.73. The van der Waals surface area contributed by atoms with Crippen LogP contribution in [0.15, 0.2) is 0 Å². The van der Waals surface area contributed by atoms with E-state index in [1.54, 1.807) is 0 Å². The van der Waals surface area contributed by atoms with E-state index in [4.69, 9.17) is 29.1 Å². The maximum atomic E-state index is 8.30. The van der Waals surface area contributed by atoms with Crippen LogP contribution in [-0.2, 0) is 4.21 Å². The zero-order chi connectivity index (χ0) is 23.9. The van der Waals surface area contributed by atoms with E-state index < -0.39 is 4.21 Å². The fraction of sp³-hybridized carbons (Fsp3) is 1.00. The summed E-state index contributed by atoms with van der Waals surface area (Å²) in [6.07, 6.45) is 14.5. The Morgan fingerprint density at radius 1 is 0.387 bits per heavy atom.